The third-order valence-electron chi connectivity index (χ3n) is 5.12. The van der Waals surface area contributed by atoms with Crippen LogP contribution in [0.25, 0.3) is 0 Å². The van der Waals surface area contributed by atoms with E-state index < -0.39 is 0 Å². The Balaban J connectivity index is 1.75. The van der Waals surface area contributed by atoms with Crippen molar-refractivity contribution in [3.05, 3.63) is 53.3 Å². The number of carbonyl (C=O) groups excluding carboxylic acids is 1. The number of carbonyl (C=O) groups is 1. The van der Waals surface area contributed by atoms with Gasteiger partial charge in [0, 0.05) is 12.3 Å². The van der Waals surface area contributed by atoms with E-state index in [1.165, 1.54) is 12.8 Å². The number of nitrogens with zero attached hydrogens (tertiary/aromatic N) is 2. The predicted octanol–water partition coefficient (Wildman–Crippen LogP) is 3.55. The highest BCUT2D eigenvalue weighted by molar-refractivity contribution is 5.95. The molecule has 3 rings (SSSR count). The fourth-order valence-electron chi connectivity index (χ4n) is 3.70. The standard InChI is InChI=1S/C20H27N3O2/c1-15-18(14-21-23(15)17-10-5-6-11-17)20(25)22-19(12-7-13-24)16-8-3-2-4-9-16/h2-4,8-9,14,17,19,24H,5-7,10-13H2,1H3,(H,22,25). The number of hydrogen-bond donors (Lipinski definition) is 2. The van der Waals surface area contributed by atoms with E-state index in [1.807, 2.05) is 41.9 Å². The molecule has 0 radical (unpaired) electrons. The molecule has 1 heterocycles. The number of amides is 1. The Labute approximate surface area is 149 Å². The fourth-order valence-corrected chi connectivity index (χ4v) is 3.70. The van der Waals surface area contributed by atoms with Crippen molar-refractivity contribution in [3.63, 3.8) is 0 Å². The Hall–Kier alpha value is -2.14. The molecule has 1 amide bonds. The number of aliphatic hydroxyl groups is 1. The summed E-state index contributed by atoms with van der Waals surface area (Å²) in [7, 11) is 0. The van der Waals surface area contributed by atoms with Crippen molar-refractivity contribution in [2.75, 3.05) is 6.61 Å². The highest BCUT2D eigenvalue weighted by Crippen LogP contribution is 2.30. The molecular weight excluding hydrogens is 314 g/mol. The van der Waals surface area contributed by atoms with Gasteiger partial charge in [0.1, 0.15) is 0 Å². The first-order valence-corrected chi connectivity index (χ1v) is 9.21. The second-order valence-corrected chi connectivity index (χ2v) is 6.83. The van der Waals surface area contributed by atoms with E-state index in [4.69, 9.17) is 5.11 Å². The zero-order valence-electron chi connectivity index (χ0n) is 14.8. The van der Waals surface area contributed by atoms with E-state index in [0.29, 0.717) is 24.4 Å². The molecule has 1 atom stereocenters. The lowest BCUT2D eigenvalue weighted by Gasteiger charge is -2.19. The maximum atomic E-state index is 12.8. The molecule has 1 aliphatic rings. The molecule has 25 heavy (non-hydrogen) atoms. The number of rotatable bonds is 7. The molecule has 134 valence electrons. The highest BCUT2D eigenvalue weighted by Gasteiger charge is 2.24. The van der Waals surface area contributed by atoms with Crippen LogP contribution in [0.1, 0.15) is 72.2 Å². The molecule has 1 aromatic carbocycles. The smallest absolute Gasteiger partial charge is 0.255 e. The summed E-state index contributed by atoms with van der Waals surface area (Å²) in [6.45, 7) is 2.10. The van der Waals surface area contributed by atoms with Crippen LogP contribution in [0.4, 0.5) is 0 Å². The third-order valence-corrected chi connectivity index (χ3v) is 5.12. The molecule has 0 bridgehead atoms. The summed E-state index contributed by atoms with van der Waals surface area (Å²) < 4.78 is 2.02. The Morgan fingerprint density at radius 3 is 2.72 bits per heavy atom. The second kappa shape index (κ2) is 8.30. The molecule has 0 saturated heterocycles. The van der Waals surface area contributed by atoms with Gasteiger partial charge < -0.3 is 10.4 Å². The molecule has 5 heteroatoms. The average molecular weight is 341 g/mol. The van der Waals surface area contributed by atoms with Gasteiger partial charge in [-0.3, -0.25) is 9.48 Å². The third kappa shape index (κ3) is 4.10. The lowest BCUT2D eigenvalue weighted by molar-refractivity contribution is 0.0931. The molecule has 0 aliphatic heterocycles. The highest BCUT2D eigenvalue weighted by atomic mass is 16.3. The Morgan fingerprint density at radius 2 is 2.04 bits per heavy atom. The maximum absolute atomic E-state index is 12.8. The first kappa shape index (κ1) is 17.7. The van der Waals surface area contributed by atoms with Crippen LogP contribution in [0.15, 0.2) is 36.5 Å². The first-order valence-electron chi connectivity index (χ1n) is 9.21. The van der Waals surface area contributed by atoms with Crippen molar-refractivity contribution in [3.8, 4) is 0 Å². The molecule has 1 fully saturated rings. The van der Waals surface area contributed by atoms with Crippen LogP contribution in [-0.4, -0.2) is 27.4 Å². The van der Waals surface area contributed by atoms with Gasteiger partial charge in [0.25, 0.3) is 5.91 Å². The van der Waals surface area contributed by atoms with Gasteiger partial charge in [0.2, 0.25) is 0 Å². The minimum Gasteiger partial charge on any atom is -0.396 e. The molecule has 1 aromatic heterocycles. The molecule has 1 unspecified atom stereocenters. The first-order chi connectivity index (χ1) is 12.2. The molecule has 0 spiro atoms. The largest absolute Gasteiger partial charge is 0.396 e. The number of benzene rings is 1. The summed E-state index contributed by atoms with van der Waals surface area (Å²) in [5.41, 5.74) is 2.65. The Morgan fingerprint density at radius 1 is 1.32 bits per heavy atom. The molecule has 2 N–H and O–H groups in total. The molecule has 5 nitrogen and oxygen atoms in total. The normalized spacial score (nSPS) is 16.1. The fraction of sp³-hybridized carbons (Fsp3) is 0.500. The van der Waals surface area contributed by atoms with Gasteiger partial charge in [-0.15, -0.1) is 0 Å². The minimum atomic E-state index is -0.102. The van der Waals surface area contributed by atoms with E-state index in [2.05, 4.69) is 10.4 Å². The van der Waals surface area contributed by atoms with Crippen LogP contribution in [0.5, 0.6) is 0 Å². The van der Waals surface area contributed by atoms with E-state index in [9.17, 15) is 4.79 Å². The Kier molecular flexibility index (Phi) is 5.87. The van der Waals surface area contributed by atoms with Crippen molar-refractivity contribution in [1.29, 1.82) is 0 Å². The van der Waals surface area contributed by atoms with E-state index in [1.54, 1.807) is 6.20 Å². The number of aliphatic hydroxyl groups excluding tert-OH is 1. The predicted molar refractivity (Wildman–Crippen MR) is 97.4 cm³/mol. The number of aromatic nitrogens is 2. The van der Waals surface area contributed by atoms with E-state index in [-0.39, 0.29) is 18.6 Å². The Bertz CT molecular complexity index is 690. The zero-order chi connectivity index (χ0) is 17.6. The van der Waals surface area contributed by atoms with Crippen molar-refractivity contribution in [2.24, 2.45) is 0 Å². The lowest BCUT2D eigenvalue weighted by Crippen LogP contribution is -2.29. The van der Waals surface area contributed by atoms with Crippen LogP contribution < -0.4 is 5.32 Å². The van der Waals surface area contributed by atoms with Gasteiger partial charge in [-0.2, -0.15) is 5.10 Å². The van der Waals surface area contributed by atoms with E-state index >= 15 is 0 Å². The summed E-state index contributed by atoms with van der Waals surface area (Å²) in [4.78, 5) is 12.8. The van der Waals surface area contributed by atoms with Crippen LogP contribution in [0.2, 0.25) is 0 Å². The summed E-state index contributed by atoms with van der Waals surface area (Å²) in [5.74, 6) is -0.0893. The SMILES string of the molecule is Cc1c(C(=O)NC(CCCO)c2ccccc2)cnn1C1CCCC1. The van der Waals surface area contributed by atoms with Gasteiger partial charge >= 0.3 is 0 Å². The molecule has 1 aliphatic carbocycles. The van der Waals surface area contributed by atoms with Gasteiger partial charge in [-0.05, 0) is 38.2 Å². The molecule has 2 aromatic rings. The molecular formula is C20H27N3O2. The number of hydrogen-bond acceptors (Lipinski definition) is 3. The summed E-state index contributed by atoms with van der Waals surface area (Å²) in [6, 6.07) is 10.3. The van der Waals surface area contributed by atoms with Crippen LogP contribution >= 0.6 is 0 Å². The van der Waals surface area contributed by atoms with Crippen molar-refractivity contribution in [1.82, 2.24) is 15.1 Å². The van der Waals surface area contributed by atoms with Gasteiger partial charge in [0.05, 0.1) is 23.8 Å². The van der Waals surface area contributed by atoms with E-state index in [0.717, 1.165) is 24.1 Å². The van der Waals surface area contributed by atoms with Crippen molar-refractivity contribution >= 4 is 5.91 Å². The van der Waals surface area contributed by atoms with Crippen LogP contribution in [-0.2, 0) is 0 Å². The summed E-state index contributed by atoms with van der Waals surface area (Å²) in [5, 5.41) is 16.8. The van der Waals surface area contributed by atoms with Gasteiger partial charge in [-0.25, -0.2) is 0 Å². The quantitative estimate of drug-likeness (QED) is 0.809. The van der Waals surface area contributed by atoms with Crippen molar-refractivity contribution in [2.45, 2.75) is 57.5 Å². The topological polar surface area (TPSA) is 67.2 Å². The molecule has 1 saturated carbocycles. The maximum Gasteiger partial charge on any atom is 0.255 e. The van der Waals surface area contributed by atoms with Gasteiger partial charge in [-0.1, -0.05) is 43.2 Å². The van der Waals surface area contributed by atoms with Gasteiger partial charge in [0.15, 0.2) is 0 Å². The van der Waals surface area contributed by atoms with Crippen molar-refractivity contribution < 1.29 is 9.90 Å². The van der Waals surface area contributed by atoms with Crippen LogP contribution in [0, 0.1) is 6.92 Å². The summed E-state index contributed by atoms with van der Waals surface area (Å²) in [6.07, 6.45) is 7.82. The lowest BCUT2D eigenvalue weighted by atomic mass is 10.0. The minimum absolute atomic E-state index is 0.0893. The average Bonchev–Trinajstić information content (AvgIpc) is 3.28. The second-order valence-electron chi connectivity index (χ2n) is 6.83. The zero-order valence-corrected chi connectivity index (χ0v) is 14.8. The monoisotopic (exact) mass is 341 g/mol. The van der Waals surface area contributed by atoms with Crippen LogP contribution in [0.3, 0.4) is 0 Å². The number of nitrogens with one attached hydrogen (secondary N) is 1. The summed E-state index contributed by atoms with van der Waals surface area (Å²) >= 11 is 0.